The van der Waals surface area contributed by atoms with Crippen LogP contribution in [0.15, 0.2) is 52.3 Å². The minimum absolute atomic E-state index is 0. The summed E-state index contributed by atoms with van der Waals surface area (Å²) >= 11 is 1.89. The van der Waals surface area contributed by atoms with Crippen LogP contribution in [0, 0.1) is 0 Å². The second-order valence-electron chi connectivity index (χ2n) is 3.53. The van der Waals surface area contributed by atoms with Gasteiger partial charge in [0.25, 0.3) is 0 Å². The van der Waals surface area contributed by atoms with Crippen molar-refractivity contribution in [2.24, 2.45) is 0 Å². The number of benzene rings is 1. The summed E-state index contributed by atoms with van der Waals surface area (Å²) in [5, 5.41) is 3.56. The second kappa shape index (κ2) is 4.79. The van der Waals surface area contributed by atoms with Crippen molar-refractivity contribution >= 4 is 17.4 Å². The van der Waals surface area contributed by atoms with E-state index in [9.17, 15) is 0 Å². The maximum atomic E-state index is 3.56. The summed E-state index contributed by atoms with van der Waals surface area (Å²) in [5.74, 6) is 0. The number of hydrogen-bond acceptors (Lipinski definition) is 2. The molecule has 3 heteroatoms. The molecule has 0 spiro atoms. The van der Waals surface area contributed by atoms with Crippen LogP contribution in [0.3, 0.4) is 0 Å². The SMILES string of the molecule is C1=CCC2Nc3ccccc3SC2=C1.[H-].[Na+]. The molecular weight excluding hydrogens is 213 g/mol. The standard InChI is InChI=1S/C12H11NS.Na.H/c1-3-7-11-9(5-1)13-10-6-2-4-8-12(10)14-11;;/h1-5,7-8,10,13H,6H2;;/q;+1;-1. The van der Waals surface area contributed by atoms with Crippen LogP contribution in [-0.4, -0.2) is 6.04 Å². The molecule has 1 unspecified atom stereocenters. The van der Waals surface area contributed by atoms with Crippen molar-refractivity contribution in [3.05, 3.63) is 47.4 Å². The maximum Gasteiger partial charge on any atom is 1.00 e. The summed E-state index contributed by atoms with van der Waals surface area (Å²) in [4.78, 5) is 2.77. The predicted molar refractivity (Wildman–Crippen MR) is 62.7 cm³/mol. The quantitative estimate of drug-likeness (QED) is 0.647. The molecule has 0 saturated carbocycles. The molecule has 0 radical (unpaired) electrons. The number of nitrogens with one attached hydrogen (secondary N) is 1. The van der Waals surface area contributed by atoms with Crippen molar-refractivity contribution in [3.8, 4) is 0 Å². The molecule has 0 bridgehead atoms. The topological polar surface area (TPSA) is 12.0 Å². The first-order chi connectivity index (χ1) is 6.93. The number of hydrogen-bond donors (Lipinski definition) is 1. The Morgan fingerprint density at radius 2 is 2.20 bits per heavy atom. The first kappa shape index (κ1) is 11.3. The van der Waals surface area contributed by atoms with Gasteiger partial charge in [0, 0.05) is 15.5 Å². The van der Waals surface area contributed by atoms with Crippen LogP contribution in [0.5, 0.6) is 0 Å². The zero-order valence-corrected chi connectivity index (χ0v) is 11.6. The van der Waals surface area contributed by atoms with E-state index in [4.69, 9.17) is 0 Å². The van der Waals surface area contributed by atoms with Crippen molar-refractivity contribution in [1.82, 2.24) is 0 Å². The van der Waals surface area contributed by atoms with Crippen LogP contribution in [0.1, 0.15) is 7.85 Å². The minimum Gasteiger partial charge on any atom is -1.00 e. The molecule has 1 nitrogen and oxygen atoms in total. The smallest absolute Gasteiger partial charge is 1.00 e. The zero-order chi connectivity index (χ0) is 9.38. The third kappa shape index (κ3) is 2.18. The summed E-state index contributed by atoms with van der Waals surface area (Å²) in [6.07, 6.45) is 7.68. The largest absolute Gasteiger partial charge is 1.00 e. The third-order valence-corrected chi connectivity index (χ3v) is 3.79. The van der Waals surface area contributed by atoms with Gasteiger partial charge in [-0.25, -0.2) is 0 Å². The van der Waals surface area contributed by atoms with E-state index in [1.54, 1.807) is 0 Å². The number of allylic oxidation sites excluding steroid dienone is 2. The van der Waals surface area contributed by atoms with Gasteiger partial charge in [0.15, 0.2) is 0 Å². The summed E-state index contributed by atoms with van der Waals surface area (Å²) < 4.78 is 0. The van der Waals surface area contributed by atoms with Gasteiger partial charge in [-0.2, -0.15) is 0 Å². The number of rotatable bonds is 0. The minimum atomic E-state index is 0. The molecular formula is C12H12NNaS. The first-order valence-electron chi connectivity index (χ1n) is 4.83. The molecule has 0 saturated heterocycles. The van der Waals surface area contributed by atoms with Crippen molar-refractivity contribution in [1.29, 1.82) is 0 Å². The number of para-hydroxylation sites is 1. The summed E-state index contributed by atoms with van der Waals surface area (Å²) in [6.45, 7) is 0. The van der Waals surface area contributed by atoms with Crippen LogP contribution >= 0.6 is 11.8 Å². The Hall–Kier alpha value is -0.150. The molecule has 0 amide bonds. The summed E-state index contributed by atoms with van der Waals surface area (Å²) in [6, 6.07) is 8.99. The van der Waals surface area contributed by atoms with Crippen LogP contribution in [0.2, 0.25) is 0 Å². The Morgan fingerprint density at radius 1 is 1.33 bits per heavy atom. The number of fused-ring (bicyclic) bond motifs is 2. The van der Waals surface area contributed by atoms with Crippen LogP contribution in [0.4, 0.5) is 5.69 Å². The molecule has 0 fully saturated rings. The fourth-order valence-electron chi connectivity index (χ4n) is 1.83. The normalized spacial score (nSPS) is 21.6. The van der Waals surface area contributed by atoms with Crippen molar-refractivity contribution < 1.29 is 31.0 Å². The van der Waals surface area contributed by atoms with E-state index in [0.29, 0.717) is 6.04 Å². The second-order valence-corrected chi connectivity index (χ2v) is 4.64. The molecule has 3 rings (SSSR count). The number of anilines is 1. The fourth-order valence-corrected chi connectivity index (χ4v) is 2.92. The monoisotopic (exact) mass is 225 g/mol. The van der Waals surface area contributed by atoms with E-state index in [-0.39, 0.29) is 31.0 Å². The van der Waals surface area contributed by atoms with Gasteiger partial charge in [-0.1, -0.05) is 42.1 Å². The van der Waals surface area contributed by atoms with Gasteiger partial charge in [-0.05, 0) is 18.6 Å². The van der Waals surface area contributed by atoms with Crippen molar-refractivity contribution in [2.75, 3.05) is 5.32 Å². The summed E-state index contributed by atoms with van der Waals surface area (Å²) in [5.41, 5.74) is 1.27. The van der Waals surface area contributed by atoms with Gasteiger partial charge in [0.2, 0.25) is 0 Å². The number of thioether (sulfide) groups is 1. The van der Waals surface area contributed by atoms with Gasteiger partial charge in [0.05, 0.1) is 6.04 Å². The van der Waals surface area contributed by atoms with E-state index < -0.39 is 0 Å². The Balaban J connectivity index is 0.000000640. The maximum absolute atomic E-state index is 3.56. The van der Waals surface area contributed by atoms with Gasteiger partial charge < -0.3 is 6.74 Å². The molecule has 15 heavy (non-hydrogen) atoms. The van der Waals surface area contributed by atoms with E-state index in [0.717, 1.165) is 6.42 Å². The molecule has 1 atom stereocenters. The molecule has 1 heterocycles. The Morgan fingerprint density at radius 3 is 3.13 bits per heavy atom. The van der Waals surface area contributed by atoms with Crippen LogP contribution in [0.25, 0.3) is 0 Å². The average Bonchev–Trinajstić information content (AvgIpc) is 2.26. The predicted octanol–water partition coefficient (Wildman–Crippen LogP) is 0.533. The third-order valence-electron chi connectivity index (χ3n) is 2.56. The van der Waals surface area contributed by atoms with Gasteiger partial charge in [0.1, 0.15) is 0 Å². The molecule has 1 N–H and O–H groups in total. The average molecular weight is 225 g/mol. The Bertz CT molecular complexity index is 431. The van der Waals surface area contributed by atoms with Crippen LogP contribution in [-0.2, 0) is 0 Å². The van der Waals surface area contributed by atoms with E-state index in [1.807, 2.05) is 11.8 Å². The first-order valence-corrected chi connectivity index (χ1v) is 5.65. The van der Waals surface area contributed by atoms with E-state index >= 15 is 0 Å². The molecule has 1 aliphatic heterocycles. The van der Waals surface area contributed by atoms with Gasteiger partial charge in [-0.15, -0.1) is 0 Å². The van der Waals surface area contributed by atoms with E-state index in [2.05, 4.69) is 47.8 Å². The van der Waals surface area contributed by atoms with Crippen molar-refractivity contribution in [3.63, 3.8) is 0 Å². The van der Waals surface area contributed by atoms with Crippen molar-refractivity contribution in [2.45, 2.75) is 17.4 Å². The molecule has 1 aliphatic carbocycles. The molecule has 72 valence electrons. The van der Waals surface area contributed by atoms with Crippen LogP contribution < -0.4 is 34.9 Å². The van der Waals surface area contributed by atoms with E-state index in [1.165, 1.54) is 15.5 Å². The fraction of sp³-hybridized carbons (Fsp3) is 0.167. The molecule has 2 aliphatic rings. The Labute approximate surface area is 118 Å². The summed E-state index contributed by atoms with van der Waals surface area (Å²) in [7, 11) is 0. The molecule has 1 aromatic rings. The van der Waals surface area contributed by atoms with Gasteiger partial charge in [-0.3, -0.25) is 0 Å². The molecule has 1 aromatic carbocycles. The Kier molecular flexibility index (Phi) is 3.62. The van der Waals surface area contributed by atoms with Gasteiger partial charge >= 0.3 is 29.6 Å². The molecule has 0 aromatic heterocycles. The zero-order valence-electron chi connectivity index (χ0n) is 9.73.